The SMILES string of the molecule is C[C@H]1CCC[C@H]1N1CC[C@H](NC(=O)c2cc(-c3c(F)cc(F)cc3F)on2)[C@@H](C(=O)NC2(c3ccccn3)CC2)C1. The maximum Gasteiger partial charge on any atom is 0.273 e. The molecule has 0 unspecified atom stereocenters. The van der Waals surface area contributed by atoms with Gasteiger partial charge in [0.25, 0.3) is 5.91 Å². The van der Waals surface area contributed by atoms with Crippen LogP contribution in [0, 0.1) is 29.3 Å². The first-order valence-electron chi connectivity index (χ1n) is 14.1. The summed E-state index contributed by atoms with van der Waals surface area (Å²) in [6, 6.07) is 7.72. The zero-order chi connectivity index (χ0) is 28.7. The Kier molecular flexibility index (Phi) is 7.31. The highest BCUT2D eigenvalue weighted by molar-refractivity contribution is 5.94. The van der Waals surface area contributed by atoms with Crippen LogP contribution in [0.15, 0.2) is 47.1 Å². The van der Waals surface area contributed by atoms with Crippen LogP contribution in [-0.2, 0) is 10.3 Å². The second-order valence-corrected chi connectivity index (χ2v) is 11.6. The molecule has 3 fully saturated rings. The highest BCUT2D eigenvalue weighted by Crippen LogP contribution is 2.45. The molecule has 3 aliphatic rings. The number of amides is 2. The second kappa shape index (κ2) is 10.9. The molecule has 2 aliphatic carbocycles. The first-order chi connectivity index (χ1) is 19.7. The van der Waals surface area contributed by atoms with Crippen molar-refractivity contribution in [3.05, 3.63) is 71.4 Å². The summed E-state index contributed by atoms with van der Waals surface area (Å²) in [4.78, 5) is 33.9. The summed E-state index contributed by atoms with van der Waals surface area (Å²) in [5.41, 5.74) is -0.485. The topological polar surface area (TPSA) is 100 Å². The molecule has 3 heterocycles. The Hall–Kier alpha value is -3.73. The first kappa shape index (κ1) is 27.4. The van der Waals surface area contributed by atoms with Gasteiger partial charge in [0.05, 0.1) is 22.7 Å². The minimum Gasteiger partial charge on any atom is -0.355 e. The maximum atomic E-state index is 14.3. The summed E-state index contributed by atoms with van der Waals surface area (Å²) >= 11 is 0. The maximum absolute atomic E-state index is 14.3. The molecule has 8 nitrogen and oxygen atoms in total. The fourth-order valence-corrected chi connectivity index (χ4v) is 6.45. The summed E-state index contributed by atoms with van der Waals surface area (Å²) in [6.45, 7) is 3.47. The fraction of sp³-hybridized carbons (Fsp3) is 0.467. The molecule has 2 N–H and O–H groups in total. The van der Waals surface area contributed by atoms with Crippen LogP contribution >= 0.6 is 0 Å². The Morgan fingerprint density at radius 2 is 1.85 bits per heavy atom. The minimum absolute atomic E-state index is 0.148. The van der Waals surface area contributed by atoms with Gasteiger partial charge >= 0.3 is 0 Å². The van der Waals surface area contributed by atoms with Gasteiger partial charge in [-0.2, -0.15) is 0 Å². The van der Waals surface area contributed by atoms with Gasteiger partial charge in [0.1, 0.15) is 17.5 Å². The predicted molar refractivity (Wildman–Crippen MR) is 143 cm³/mol. The van der Waals surface area contributed by atoms with Crippen molar-refractivity contribution >= 4 is 11.8 Å². The second-order valence-electron chi connectivity index (χ2n) is 11.6. The Labute approximate surface area is 235 Å². The van der Waals surface area contributed by atoms with Gasteiger partial charge in [-0.3, -0.25) is 19.5 Å². The lowest BCUT2D eigenvalue weighted by molar-refractivity contribution is -0.129. The largest absolute Gasteiger partial charge is 0.355 e. The number of piperidine rings is 1. The third kappa shape index (κ3) is 5.47. The number of nitrogens with zero attached hydrogens (tertiary/aromatic N) is 3. The van der Waals surface area contributed by atoms with Gasteiger partial charge < -0.3 is 15.2 Å². The first-order valence-corrected chi connectivity index (χ1v) is 14.1. The van der Waals surface area contributed by atoms with Crippen LogP contribution in [0.5, 0.6) is 0 Å². The number of hydrogen-bond donors (Lipinski definition) is 2. The summed E-state index contributed by atoms with van der Waals surface area (Å²) in [5, 5.41) is 9.86. The average molecular weight is 568 g/mol. The van der Waals surface area contributed by atoms with Crippen LogP contribution in [0.25, 0.3) is 11.3 Å². The van der Waals surface area contributed by atoms with Crippen LogP contribution in [0.3, 0.4) is 0 Å². The molecular weight excluding hydrogens is 535 g/mol. The highest BCUT2D eigenvalue weighted by atomic mass is 19.1. The molecular formula is C30H32F3N5O3. The fourth-order valence-electron chi connectivity index (χ4n) is 6.45. The number of carbonyl (C=O) groups excluding carboxylic acids is 2. The van der Waals surface area contributed by atoms with Gasteiger partial charge in [0.2, 0.25) is 5.91 Å². The van der Waals surface area contributed by atoms with Crippen molar-refractivity contribution < 1.29 is 27.3 Å². The van der Waals surface area contributed by atoms with Crippen molar-refractivity contribution in [1.82, 2.24) is 25.7 Å². The van der Waals surface area contributed by atoms with Crippen molar-refractivity contribution in [2.75, 3.05) is 13.1 Å². The van der Waals surface area contributed by atoms with Crippen LogP contribution in [-0.4, -0.2) is 52.0 Å². The average Bonchev–Trinajstić information content (AvgIpc) is 3.33. The Bertz CT molecular complexity index is 1420. The molecule has 0 spiro atoms. The van der Waals surface area contributed by atoms with E-state index in [0.717, 1.165) is 50.4 Å². The monoisotopic (exact) mass is 567 g/mol. The smallest absolute Gasteiger partial charge is 0.273 e. The Morgan fingerprint density at radius 1 is 1.07 bits per heavy atom. The molecule has 2 aromatic heterocycles. The Balaban J connectivity index is 1.21. The summed E-state index contributed by atoms with van der Waals surface area (Å²) in [7, 11) is 0. The van der Waals surface area contributed by atoms with Gasteiger partial charge in [-0.05, 0) is 50.2 Å². The Morgan fingerprint density at radius 3 is 2.51 bits per heavy atom. The zero-order valence-corrected chi connectivity index (χ0v) is 22.7. The minimum atomic E-state index is -1.17. The van der Waals surface area contributed by atoms with E-state index in [1.165, 1.54) is 0 Å². The molecule has 1 aliphatic heterocycles. The van der Waals surface area contributed by atoms with Gasteiger partial charge in [0.15, 0.2) is 11.5 Å². The van der Waals surface area contributed by atoms with Crippen LogP contribution in [0.4, 0.5) is 13.2 Å². The summed E-state index contributed by atoms with van der Waals surface area (Å²) < 4.78 is 46.9. The van der Waals surface area contributed by atoms with Crippen molar-refractivity contribution in [2.24, 2.45) is 11.8 Å². The standard InChI is InChI=1S/C30H32F3N5O3/c1-17-5-4-6-24(17)38-12-8-22(19(16-38)28(39)36-30(9-10-30)26-7-2-3-11-34-26)35-29(40)23-15-25(41-37-23)27-20(32)13-18(31)14-21(27)33/h2-3,7,11,13-15,17,19,22,24H,4-6,8-10,12,16H2,1H3,(H,35,40)(H,36,39)/t17-,19-,22-,24+/m0/s1. The van der Waals surface area contributed by atoms with Crippen LogP contribution < -0.4 is 10.6 Å². The van der Waals surface area contributed by atoms with E-state index in [1.807, 2.05) is 18.2 Å². The van der Waals surface area contributed by atoms with Gasteiger partial charge in [0, 0.05) is 49.6 Å². The van der Waals surface area contributed by atoms with E-state index in [4.69, 9.17) is 4.52 Å². The molecule has 11 heteroatoms. The number of rotatable bonds is 7. The normalized spacial score (nSPS) is 25.6. The molecule has 41 heavy (non-hydrogen) atoms. The molecule has 3 aromatic rings. The summed E-state index contributed by atoms with van der Waals surface area (Å²) in [5.74, 6) is -4.51. The zero-order valence-electron chi connectivity index (χ0n) is 22.7. The van der Waals surface area contributed by atoms with Gasteiger partial charge in [-0.1, -0.05) is 24.6 Å². The number of benzene rings is 1. The number of halogens is 3. The molecule has 1 aromatic carbocycles. The van der Waals surface area contributed by atoms with E-state index in [0.29, 0.717) is 37.1 Å². The predicted octanol–water partition coefficient (Wildman–Crippen LogP) is 4.57. The molecule has 4 atom stereocenters. The van der Waals surface area contributed by atoms with Crippen molar-refractivity contribution in [3.8, 4) is 11.3 Å². The molecule has 2 saturated carbocycles. The van der Waals surface area contributed by atoms with Crippen molar-refractivity contribution in [2.45, 2.75) is 63.1 Å². The van der Waals surface area contributed by atoms with Gasteiger partial charge in [-0.25, -0.2) is 13.2 Å². The summed E-state index contributed by atoms with van der Waals surface area (Å²) in [6.07, 6.45) is 7.25. The van der Waals surface area contributed by atoms with Crippen LogP contribution in [0.2, 0.25) is 0 Å². The number of aromatic nitrogens is 2. The molecule has 6 rings (SSSR count). The van der Waals surface area contributed by atoms with E-state index in [2.05, 4.69) is 32.6 Å². The van der Waals surface area contributed by atoms with E-state index in [-0.39, 0.29) is 17.4 Å². The number of nitrogens with one attached hydrogen (secondary N) is 2. The van der Waals surface area contributed by atoms with E-state index >= 15 is 0 Å². The van der Waals surface area contributed by atoms with Crippen molar-refractivity contribution in [3.63, 3.8) is 0 Å². The molecule has 0 radical (unpaired) electrons. The van der Waals surface area contributed by atoms with Crippen LogP contribution in [0.1, 0.15) is 61.6 Å². The number of carbonyl (C=O) groups is 2. The van der Waals surface area contributed by atoms with E-state index in [9.17, 15) is 22.8 Å². The number of likely N-dealkylation sites (tertiary alicyclic amines) is 1. The van der Waals surface area contributed by atoms with Gasteiger partial charge in [-0.15, -0.1) is 0 Å². The third-order valence-corrected chi connectivity index (χ3v) is 8.85. The van der Waals surface area contributed by atoms with Crippen molar-refractivity contribution in [1.29, 1.82) is 0 Å². The molecule has 2 amide bonds. The molecule has 0 bridgehead atoms. The van der Waals surface area contributed by atoms with E-state index < -0.39 is 46.4 Å². The lowest BCUT2D eigenvalue weighted by atomic mass is 9.88. The highest BCUT2D eigenvalue weighted by Gasteiger charge is 2.49. The number of hydrogen-bond acceptors (Lipinski definition) is 6. The number of pyridine rings is 1. The lowest BCUT2D eigenvalue weighted by Gasteiger charge is -2.42. The third-order valence-electron chi connectivity index (χ3n) is 8.85. The molecule has 216 valence electrons. The van der Waals surface area contributed by atoms with E-state index in [1.54, 1.807) is 6.20 Å². The lowest BCUT2D eigenvalue weighted by Crippen LogP contribution is -2.58. The molecule has 1 saturated heterocycles. The quantitative estimate of drug-likeness (QED) is 0.434.